The van der Waals surface area contributed by atoms with Gasteiger partial charge in [-0.15, -0.1) is 0 Å². The van der Waals surface area contributed by atoms with Gasteiger partial charge in [-0.05, 0) is 31.5 Å². The molecule has 1 aliphatic rings. The highest BCUT2D eigenvalue weighted by Gasteiger charge is 2.23. The van der Waals surface area contributed by atoms with Gasteiger partial charge in [0, 0.05) is 18.7 Å². The summed E-state index contributed by atoms with van der Waals surface area (Å²) in [5, 5.41) is 2.90. The number of nitrogens with zero attached hydrogens (tertiary/aromatic N) is 1. The average Bonchev–Trinajstić information content (AvgIpc) is 2.42. The molecule has 2 amide bonds. The van der Waals surface area contributed by atoms with Crippen molar-refractivity contribution in [1.82, 2.24) is 5.32 Å². The quantitative estimate of drug-likeness (QED) is 0.899. The van der Waals surface area contributed by atoms with Crippen molar-refractivity contribution in [2.75, 3.05) is 18.6 Å². The molecule has 1 unspecified atom stereocenters. The molecule has 0 saturated heterocycles. The Balaban J connectivity index is 2.25. The lowest BCUT2D eigenvalue weighted by molar-refractivity contribution is -0.120. The van der Waals surface area contributed by atoms with E-state index in [4.69, 9.17) is 4.74 Å². The number of carbonyl (C=O) groups excluding carboxylic acids is 2. The Kier molecular flexibility index (Phi) is 3.74. The van der Waals surface area contributed by atoms with Crippen LogP contribution in [0.25, 0.3) is 0 Å². The van der Waals surface area contributed by atoms with E-state index in [2.05, 4.69) is 5.32 Å². The largest absolute Gasteiger partial charge is 0.482 e. The molecule has 1 atom stereocenters. The van der Waals surface area contributed by atoms with Crippen LogP contribution in [0, 0.1) is 0 Å². The molecule has 0 fully saturated rings. The van der Waals surface area contributed by atoms with E-state index in [0.29, 0.717) is 17.0 Å². The van der Waals surface area contributed by atoms with Crippen molar-refractivity contribution in [3.63, 3.8) is 0 Å². The summed E-state index contributed by atoms with van der Waals surface area (Å²) < 4.78 is 5.32. The maximum Gasteiger partial charge on any atom is 0.264 e. The molecule has 1 aromatic carbocycles. The number of ether oxygens (including phenoxy) is 1. The molecule has 0 saturated carbocycles. The lowest BCUT2D eigenvalue weighted by Crippen LogP contribution is -2.36. The molecular formula is C14H18N2O3. The Morgan fingerprint density at radius 1 is 1.53 bits per heavy atom. The summed E-state index contributed by atoms with van der Waals surface area (Å²) in [5.74, 6) is 0.373. The molecule has 5 nitrogen and oxygen atoms in total. The Morgan fingerprint density at radius 2 is 2.26 bits per heavy atom. The predicted molar refractivity (Wildman–Crippen MR) is 72.6 cm³/mol. The molecule has 19 heavy (non-hydrogen) atoms. The lowest BCUT2D eigenvalue weighted by Gasteiger charge is -2.26. The topological polar surface area (TPSA) is 58.6 Å². The van der Waals surface area contributed by atoms with Crippen molar-refractivity contribution in [1.29, 1.82) is 0 Å². The summed E-state index contributed by atoms with van der Waals surface area (Å²) in [5.41, 5.74) is 1.16. The van der Waals surface area contributed by atoms with Gasteiger partial charge >= 0.3 is 0 Å². The minimum absolute atomic E-state index is 0.0436. The summed E-state index contributed by atoms with van der Waals surface area (Å²) in [4.78, 5) is 25.1. The lowest BCUT2D eigenvalue weighted by atomic mass is 10.1. The zero-order valence-corrected chi connectivity index (χ0v) is 11.4. The van der Waals surface area contributed by atoms with Crippen LogP contribution in [0.15, 0.2) is 18.2 Å². The minimum atomic E-state index is -0.136. The van der Waals surface area contributed by atoms with Crippen LogP contribution in [-0.4, -0.2) is 31.5 Å². The average molecular weight is 262 g/mol. The molecule has 0 radical (unpaired) electrons. The first-order valence-corrected chi connectivity index (χ1v) is 6.37. The van der Waals surface area contributed by atoms with Crippen molar-refractivity contribution in [2.45, 2.75) is 26.3 Å². The number of anilines is 1. The molecule has 2 rings (SSSR count). The van der Waals surface area contributed by atoms with Crippen LogP contribution in [-0.2, 0) is 4.79 Å². The van der Waals surface area contributed by atoms with Crippen molar-refractivity contribution < 1.29 is 14.3 Å². The number of carbonyl (C=O) groups is 2. The second kappa shape index (κ2) is 5.30. The fraction of sp³-hybridized carbons (Fsp3) is 0.429. The second-order valence-corrected chi connectivity index (χ2v) is 4.71. The predicted octanol–water partition coefficient (Wildman–Crippen LogP) is 1.57. The van der Waals surface area contributed by atoms with E-state index in [1.807, 2.05) is 13.8 Å². The third-order valence-electron chi connectivity index (χ3n) is 3.30. The van der Waals surface area contributed by atoms with E-state index < -0.39 is 0 Å². The first-order valence-electron chi connectivity index (χ1n) is 6.37. The molecular weight excluding hydrogens is 244 g/mol. The van der Waals surface area contributed by atoms with E-state index in [1.54, 1.807) is 25.2 Å². The number of hydrogen-bond acceptors (Lipinski definition) is 3. The standard InChI is InChI=1S/C14H18N2O3/c1-4-9(2)15-14(18)10-5-6-12-11(7-10)16(3)13(17)8-19-12/h5-7,9H,4,8H2,1-3H3,(H,15,18). The third-order valence-corrected chi connectivity index (χ3v) is 3.30. The van der Waals surface area contributed by atoms with Crippen molar-refractivity contribution in [2.24, 2.45) is 0 Å². The third kappa shape index (κ3) is 2.70. The highest BCUT2D eigenvalue weighted by Crippen LogP contribution is 2.31. The van der Waals surface area contributed by atoms with Gasteiger partial charge in [0.05, 0.1) is 5.69 Å². The molecule has 1 N–H and O–H groups in total. The van der Waals surface area contributed by atoms with Gasteiger partial charge in [-0.1, -0.05) is 6.92 Å². The van der Waals surface area contributed by atoms with Gasteiger partial charge in [-0.2, -0.15) is 0 Å². The van der Waals surface area contributed by atoms with Crippen LogP contribution in [0.3, 0.4) is 0 Å². The van der Waals surface area contributed by atoms with Crippen LogP contribution in [0.5, 0.6) is 5.75 Å². The van der Waals surface area contributed by atoms with Gasteiger partial charge in [-0.25, -0.2) is 0 Å². The van der Waals surface area contributed by atoms with Crippen molar-refractivity contribution in [3.05, 3.63) is 23.8 Å². The SMILES string of the molecule is CCC(C)NC(=O)c1ccc2c(c1)N(C)C(=O)CO2. The Labute approximate surface area is 112 Å². The van der Waals surface area contributed by atoms with Gasteiger partial charge in [0.1, 0.15) is 5.75 Å². The fourth-order valence-electron chi connectivity index (χ4n) is 1.82. The zero-order valence-electron chi connectivity index (χ0n) is 11.4. The van der Waals surface area contributed by atoms with Crippen molar-refractivity contribution >= 4 is 17.5 Å². The summed E-state index contributed by atoms with van der Waals surface area (Å²) in [6.07, 6.45) is 0.873. The van der Waals surface area contributed by atoms with Crippen LogP contribution in [0.1, 0.15) is 30.6 Å². The molecule has 1 aliphatic heterocycles. The number of benzene rings is 1. The molecule has 1 aromatic rings. The van der Waals surface area contributed by atoms with E-state index in [-0.39, 0.29) is 24.5 Å². The highest BCUT2D eigenvalue weighted by molar-refractivity contribution is 6.01. The number of fused-ring (bicyclic) bond motifs is 1. The number of hydrogen-bond donors (Lipinski definition) is 1. The van der Waals surface area contributed by atoms with Crippen LogP contribution in [0.4, 0.5) is 5.69 Å². The molecule has 0 aliphatic carbocycles. The minimum Gasteiger partial charge on any atom is -0.482 e. The Hall–Kier alpha value is -2.04. The highest BCUT2D eigenvalue weighted by atomic mass is 16.5. The van der Waals surface area contributed by atoms with Gasteiger partial charge in [-0.3, -0.25) is 9.59 Å². The van der Waals surface area contributed by atoms with Gasteiger partial charge in [0.25, 0.3) is 11.8 Å². The van der Waals surface area contributed by atoms with Gasteiger partial charge < -0.3 is 15.0 Å². The molecule has 1 heterocycles. The Bertz CT molecular complexity index is 513. The number of likely N-dealkylation sites (N-methyl/N-ethyl adjacent to an activating group) is 1. The maximum absolute atomic E-state index is 12.0. The number of nitrogens with one attached hydrogen (secondary N) is 1. The Morgan fingerprint density at radius 3 is 2.95 bits per heavy atom. The first-order chi connectivity index (χ1) is 9.02. The maximum atomic E-state index is 12.0. The summed E-state index contributed by atoms with van der Waals surface area (Å²) in [6, 6.07) is 5.24. The fourth-order valence-corrected chi connectivity index (χ4v) is 1.82. The van der Waals surface area contributed by atoms with E-state index in [1.165, 1.54) is 4.90 Å². The molecule has 0 aromatic heterocycles. The van der Waals surface area contributed by atoms with Gasteiger partial charge in [0.2, 0.25) is 0 Å². The van der Waals surface area contributed by atoms with E-state index in [0.717, 1.165) is 6.42 Å². The van der Waals surface area contributed by atoms with Crippen LogP contribution >= 0.6 is 0 Å². The molecule has 5 heteroatoms. The first kappa shape index (κ1) is 13.4. The number of amides is 2. The van der Waals surface area contributed by atoms with E-state index >= 15 is 0 Å². The number of rotatable bonds is 3. The smallest absolute Gasteiger partial charge is 0.264 e. The second-order valence-electron chi connectivity index (χ2n) is 4.71. The normalized spacial score (nSPS) is 15.5. The molecule has 102 valence electrons. The van der Waals surface area contributed by atoms with Crippen LogP contribution < -0.4 is 15.0 Å². The molecule has 0 bridgehead atoms. The summed E-state index contributed by atoms with van der Waals surface area (Å²) >= 11 is 0. The summed E-state index contributed by atoms with van der Waals surface area (Å²) in [6.45, 7) is 4.01. The van der Waals surface area contributed by atoms with Gasteiger partial charge in [0.15, 0.2) is 6.61 Å². The van der Waals surface area contributed by atoms with Crippen molar-refractivity contribution in [3.8, 4) is 5.75 Å². The van der Waals surface area contributed by atoms with Crippen LogP contribution in [0.2, 0.25) is 0 Å². The molecule has 0 spiro atoms. The summed E-state index contributed by atoms with van der Waals surface area (Å²) in [7, 11) is 1.68. The van der Waals surface area contributed by atoms with E-state index in [9.17, 15) is 9.59 Å². The monoisotopic (exact) mass is 262 g/mol. The zero-order chi connectivity index (χ0) is 14.0.